The number of hydrogen-bond acceptors (Lipinski definition) is 4. The van der Waals surface area contributed by atoms with Crippen LogP contribution in [0.3, 0.4) is 0 Å². The third kappa shape index (κ3) is 3.91. The maximum absolute atomic E-state index is 11.1. The van der Waals surface area contributed by atoms with Crippen molar-refractivity contribution in [3.63, 3.8) is 0 Å². The van der Waals surface area contributed by atoms with Crippen molar-refractivity contribution >= 4 is 5.97 Å². The number of esters is 1. The van der Waals surface area contributed by atoms with Crippen LogP contribution in [-0.4, -0.2) is 18.2 Å². The standard InChI is InChI=1S/C13H14N2O3/c1-18-13(17)12(15-14)11(16)9-5-8-10-6-3-2-4-7-10/h2-4,6-7H,5,8-9H2,1H3/p+1. The Bertz CT molecular complexity index is 475. The molecule has 0 bridgehead atoms. The molecule has 0 unspecified atom stereocenters. The van der Waals surface area contributed by atoms with Crippen LogP contribution in [0, 0.1) is 5.39 Å². The molecule has 5 heteroatoms. The SMILES string of the molecule is COC(=O)/C([N+]#N)=C(\O)CCCc1ccccc1. The largest absolute Gasteiger partial charge is 0.505 e. The van der Waals surface area contributed by atoms with E-state index in [2.05, 4.69) is 9.71 Å². The van der Waals surface area contributed by atoms with Crippen LogP contribution in [0.15, 0.2) is 41.8 Å². The molecule has 0 spiro atoms. The summed E-state index contributed by atoms with van der Waals surface area (Å²) in [4.78, 5) is 13.9. The summed E-state index contributed by atoms with van der Waals surface area (Å²) in [6.45, 7) is 0. The molecule has 1 aromatic rings. The first-order valence-corrected chi connectivity index (χ1v) is 5.58. The molecular weight excluding hydrogens is 232 g/mol. The third-order valence-electron chi connectivity index (χ3n) is 2.47. The molecule has 0 saturated carbocycles. The van der Waals surface area contributed by atoms with E-state index < -0.39 is 11.7 Å². The van der Waals surface area contributed by atoms with Gasteiger partial charge < -0.3 is 9.84 Å². The van der Waals surface area contributed by atoms with E-state index in [1.807, 2.05) is 30.3 Å². The van der Waals surface area contributed by atoms with Gasteiger partial charge >= 0.3 is 11.7 Å². The van der Waals surface area contributed by atoms with Gasteiger partial charge in [0.05, 0.1) is 7.11 Å². The molecule has 1 aromatic carbocycles. The number of nitrogens with zero attached hydrogens (tertiary/aromatic N) is 2. The van der Waals surface area contributed by atoms with Crippen molar-refractivity contribution in [2.45, 2.75) is 19.3 Å². The Hall–Kier alpha value is -2.35. The molecule has 5 nitrogen and oxygen atoms in total. The van der Waals surface area contributed by atoms with Crippen molar-refractivity contribution in [3.8, 4) is 0 Å². The number of carbonyl (C=O) groups is 1. The zero-order valence-electron chi connectivity index (χ0n) is 10.2. The van der Waals surface area contributed by atoms with E-state index in [1.165, 1.54) is 0 Å². The number of hydrogen-bond donors (Lipinski definition) is 1. The second kappa shape index (κ2) is 7.07. The van der Waals surface area contributed by atoms with Crippen LogP contribution in [0.25, 0.3) is 4.98 Å². The quantitative estimate of drug-likeness (QED) is 0.376. The van der Waals surface area contributed by atoms with Gasteiger partial charge in [0, 0.05) is 6.42 Å². The van der Waals surface area contributed by atoms with E-state index in [-0.39, 0.29) is 12.2 Å². The van der Waals surface area contributed by atoms with Crippen LogP contribution in [0.2, 0.25) is 0 Å². The van der Waals surface area contributed by atoms with Crippen molar-refractivity contribution in [2.24, 2.45) is 0 Å². The number of aliphatic hydroxyl groups excluding tert-OH is 1. The number of aryl methyl sites for hydroxylation is 1. The fraction of sp³-hybridized carbons (Fsp3) is 0.308. The molecule has 0 aromatic heterocycles. The van der Waals surface area contributed by atoms with E-state index in [0.717, 1.165) is 19.1 Å². The second-order valence-corrected chi connectivity index (χ2v) is 3.73. The Morgan fingerprint density at radius 2 is 2.06 bits per heavy atom. The van der Waals surface area contributed by atoms with Crippen LogP contribution in [0.1, 0.15) is 18.4 Å². The first-order chi connectivity index (χ1) is 8.69. The van der Waals surface area contributed by atoms with E-state index in [9.17, 15) is 9.90 Å². The van der Waals surface area contributed by atoms with E-state index in [0.29, 0.717) is 6.42 Å². The third-order valence-corrected chi connectivity index (χ3v) is 2.47. The normalized spacial score (nSPS) is 11.3. The van der Waals surface area contributed by atoms with Crippen molar-refractivity contribution in [3.05, 3.63) is 52.3 Å². The highest BCUT2D eigenvalue weighted by atomic mass is 16.5. The number of methoxy groups -OCH3 is 1. The lowest BCUT2D eigenvalue weighted by Crippen LogP contribution is -2.05. The summed E-state index contributed by atoms with van der Waals surface area (Å²) >= 11 is 0. The summed E-state index contributed by atoms with van der Waals surface area (Å²) in [7, 11) is 1.16. The monoisotopic (exact) mass is 247 g/mol. The van der Waals surface area contributed by atoms with Crippen LogP contribution < -0.4 is 0 Å². The maximum Gasteiger partial charge on any atom is 0.505 e. The first kappa shape index (κ1) is 13.7. The highest BCUT2D eigenvalue weighted by Gasteiger charge is 2.29. The molecule has 0 saturated heterocycles. The van der Waals surface area contributed by atoms with Crippen molar-refractivity contribution in [1.82, 2.24) is 0 Å². The van der Waals surface area contributed by atoms with Gasteiger partial charge in [-0.15, -0.1) is 0 Å². The van der Waals surface area contributed by atoms with E-state index in [4.69, 9.17) is 5.39 Å². The summed E-state index contributed by atoms with van der Waals surface area (Å²) in [5, 5.41) is 18.2. The maximum atomic E-state index is 11.1. The molecule has 0 aliphatic heterocycles. The Morgan fingerprint density at radius 1 is 1.39 bits per heavy atom. The van der Waals surface area contributed by atoms with Gasteiger partial charge in [0.2, 0.25) is 5.39 Å². The minimum atomic E-state index is -0.852. The highest BCUT2D eigenvalue weighted by Crippen LogP contribution is 2.13. The summed E-state index contributed by atoms with van der Waals surface area (Å²) in [6, 6.07) is 9.78. The smallest absolute Gasteiger partial charge is 0.505 e. The van der Waals surface area contributed by atoms with Gasteiger partial charge in [0.1, 0.15) is 0 Å². The Balaban J connectivity index is 2.55. The summed E-state index contributed by atoms with van der Waals surface area (Å²) in [5.41, 5.74) is 0.705. The summed E-state index contributed by atoms with van der Waals surface area (Å²) in [5.74, 6) is -1.12. The average Bonchev–Trinajstić information content (AvgIpc) is 2.40. The van der Waals surface area contributed by atoms with Gasteiger partial charge in [-0.05, 0) is 18.4 Å². The van der Waals surface area contributed by atoms with Crippen LogP contribution in [0.4, 0.5) is 0 Å². The highest BCUT2D eigenvalue weighted by molar-refractivity contribution is 5.90. The zero-order chi connectivity index (χ0) is 13.4. The molecule has 1 rings (SSSR count). The number of ether oxygens (including phenoxy) is 1. The number of allylic oxidation sites excluding steroid dienone is 1. The van der Waals surface area contributed by atoms with Crippen molar-refractivity contribution < 1.29 is 14.6 Å². The molecule has 94 valence electrons. The minimum absolute atomic E-state index is 0.253. The van der Waals surface area contributed by atoms with Crippen molar-refractivity contribution in [2.75, 3.05) is 7.11 Å². The predicted octanol–water partition coefficient (Wildman–Crippen LogP) is 2.80. The zero-order valence-corrected chi connectivity index (χ0v) is 10.2. The Labute approximate surface area is 105 Å². The van der Waals surface area contributed by atoms with Gasteiger partial charge in [-0.1, -0.05) is 30.3 Å². The average molecular weight is 247 g/mol. The van der Waals surface area contributed by atoms with Gasteiger partial charge in [0.15, 0.2) is 10.7 Å². The first-order valence-electron chi connectivity index (χ1n) is 5.58. The lowest BCUT2D eigenvalue weighted by atomic mass is 10.1. The Kier molecular flexibility index (Phi) is 5.39. The van der Waals surface area contributed by atoms with Gasteiger partial charge in [0.25, 0.3) is 0 Å². The van der Waals surface area contributed by atoms with Crippen LogP contribution in [0.5, 0.6) is 0 Å². The fourth-order valence-corrected chi connectivity index (χ4v) is 1.54. The molecule has 0 fully saturated rings. The number of rotatable bonds is 5. The lowest BCUT2D eigenvalue weighted by Gasteiger charge is -1.99. The number of benzene rings is 1. The minimum Gasteiger partial charge on any atom is -0.505 e. The molecule has 0 radical (unpaired) electrons. The molecule has 0 aliphatic rings. The summed E-state index contributed by atoms with van der Waals surface area (Å²) in [6.07, 6.45) is 1.67. The fourth-order valence-electron chi connectivity index (χ4n) is 1.54. The Morgan fingerprint density at radius 3 is 2.61 bits per heavy atom. The predicted molar refractivity (Wildman–Crippen MR) is 66.1 cm³/mol. The second-order valence-electron chi connectivity index (χ2n) is 3.73. The molecule has 0 amide bonds. The van der Waals surface area contributed by atoms with Crippen molar-refractivity contribution in [1.29, 1.82) is 5.39 Å². The summed E-state index contributed by atoms with van der Waals surface area (Å²) < 4.78 is 4.38. The van der Waals surface area contributed by atoms with Crippen LogP contribution >= 0.6 is 0 Å². The van der Waals surface area contributed by atoms with E-state index >= 15 is 0 Å². The number of carbonyl (C=O) groups excluding carboxylic acids is 1. The number of aliphatic hydroxyl groups is 1. The lowest BCUT2D eigenvalue weighted by molar-refractivity contribution is -0.136. The number of diazo groups is 1. The van der Waals surface area contributed by atoms with Gasteiger partial charge in [-0.2, -0.15) is 0 Å². The molecule has 0 aliphatic carbocycles. The van der Waals surface area contributed by atoms with Crippen LogP contribution in [-0.2, 0) is 16.0 Å². The molecule has 1 N–H and O–H groups in total. The van der Waals surface area contributed by atoms with Gasteiger partial charge in [-0.25, -0.2) is 4.79 Å². The molecular formula is C13H15N2O3+. The molecule has 0 atom stereocenters. The molecule has 18 heavy (non-hydrogen) atoms. The topological polar surface area (TPSA) is 74.7 Å². The van der Waals surface area contributed by atoms with Gasteiger partial charge in [-0.3, -0.25) is 0 Å². The van der Waals surface area contributed by atoms with E-state index in [1.54, 1.807) is 0 Å². The molecule has 0 heterocycles.